The van der Waals surface area contributed by atoms with E-state index in [2.05, 4.69) is 10.3 Å². The third-order valence-electron chi connectivity index (χ3n) is 2.35. The Kier molecular flexibility index (Phi) is 3.63. The number of nitrogens with one attached hydrogen (secondary N) is 1. The molecule has 17 heavy (non-hydrogen) atoms. The molecule has 1 aromatic heterocycles. The monoisotopic (exact) mass is 246 g/mol. The molecule has 1 aromatic carbocycles. The molecule has 0 fully saturated rings. The van der Waals surface area contributed by atoms with Crippen LogP contribution in [-0.4, -0.2) is 16.1 Å². The minimum Gasteiger partial charge on any atom is -0.383 e. The molecule has 0 bridgehead atoms. The summed E-state index contributed by atoms with van der Waals surface area (Å²) in [5.41, 5.74) is 1.40. The van der Waals surface area contributed by atoms with Gasteiger partial charge in [-0.15, -0.1) is 0 Å². The van der Waals surface area contributed by atoms with Crippen molar-refractivity contribution < 1.29 is 0 Å². The highest BCUT2D eigenvalue weighted by Crippen LogP contribution is 2.19. The smallest absolute Gasteiger partial charge is 0.101 e. The molecule has 1 N–H and O–H groups in total. The number of imidazole rings is 1. The number of aromatic nitrogens is 2. The number of hydrogen-bond donors (Lipinski definition) is 1. The molecular weight excluding hydrogens is 236 g/mol. The van der Waals surface area contributed by atoms with Crippen molar-refractivity contribution in [1.29, 1.82) is 5.26 Å². The van der Waals surface area contributed by atoms with Crippen molar-refractivity contribution in [3.8, 4) is 6.07 Å². The van der Waals surface area contributed by atoms with Crippen molar-refractivity contribution in [3.05, 3.63) is 47.5 Å². The van der Waals surface area contributed by atoms with Crippen molar-refractivity contribution in [2.75, 3.05) is 11.9 Å². The molecule has 0 radical (unpaired) electrons. The van der Waals surface area contributed by atoms with Crippen LogP contribution in [0.4, 0.5) is 5.69 Å². The van der Waals surface area contributed by atoms with Gasteiger partial charge in [0, 0.05) is 31.2 Å². The zero-order chi connectivity index (χ0) is 12.1. The maximum atomic E-state index is 8.75. The Hall–Kier alpha value is -1.99. The zero-order valence-corrected chi connectivity index (χ0v) is 9.85. The van der Waals surface area contributed by atoms with Gasteiger partial charge in [-0.2, -0.15) is 5.26 Å². The fourth-order valence-corrected chi connectivity index (χ4v) is 1.69. The average molecular weight is 247 g/mol. The highest BCUT2D eigenvalue weighted by Gasteiger charge is 2.00. The average Bonchev–Trinajstić information content (AvgIpc) is 2.82. The lowest BCUT2D eigenvalue weighted by molar-refractivity contribution is 0.727. The van der Waals surface area contributed by atoms with E-state index in [0.29, 0.717) is 10.6 Å². The molecule has 86 valence electrons. The number of halogens is 1. The van der Waals surface area contributed by atoms with Crippen LogP contribution < -0.4 is 5.32 Å². The first-order chi connectivity index (χ1) is 8.29. The molecule has 0 unspecified atom stereocenters. The fourth-order valence-electron chi connectivity index (χ4n) is 1.46. The number of rotatable bonds is 4. The van der Waals surface area contributed by atoms with Crippen LogP contribution in [0.25, 0.3) is 0 Å². The van der Waals surface area contributed by atoms with E-state index in [4.69, 9.17) is 16.9 Å². The summed E-state index contributed by atoms with van der Waals surface area (Å²) in [6.07, 6.45) is 5.43. The summed E-state index contributed by atoms with van der Waals surface area (Å²) >= 11 is 5.93. The van der Waals surface area contributed by atoms with Crippen molar-refractivity contribution in [3.63, 3.8) is 0 Å². The van der Waals surface area contributed by atoms with Gasteiger partial charge in [-0.25, -0.2) is 4.98 Å². The Morgan fingerprint density at radius 2 is 2.35 bits per heavy atom. The second-order valence-electron chi connectivity index (χ2n) is 3.53. The van der Waals surface area contributed by atoms with E-state index in [0.717, 1.165) is 18.8 Å². The number of hydrogen-bond acceptors (Lipinski definition) is 3. The van der Waals surface area contributed by atoms with Crippen LogP contribution in [0.5, 0.6) is 0 Å². The molecule has 0 saturated heterocycles. The molecule has 0 atom stereocenters. The molecule has 5 heteroatoms. The topological polar surface area (TPSA) is 53.6 Å². The van der Waals surface area contributed by atoms with Gasteiger partial charge in [0.25, 0.3) is 0 Å². The van der Waals surface area contributed by atoms with Crippen LogP contribution in [0, 0.1) is 11.3 Å². The van der Waals surface area contributed by atoms with Gasteiger partial charge in [0.15, 0.2) is 0 Å². The van der Waals surface area contributed by atoms with Gasteiger partial charge in [-0.05, 0) is 18.2 Å². The lowest BCUT2D eigenvalue weighted by Gasteiger charge is -2.07. The third kappa shape index (κ3) is 2.99. The minimum absolute atomic E-state index is 0.472. The Morgan fingerprint density at radius 3 is 3.00 bits per heavy atom. The summed E-state index contributed by atoms with van der Waals surface area (Å²) in [7, 11) is 0. The summed E-state index contributed by atoms with van der Waals surface area (Å²) in [5.74, 6) is 0. The van der Waals surface area contributed by atoms with Gasteiger partial charge in [0.2, 0.25) is 0 Å². The summed E-state index contributed by atoms with van der Waals surface area (Å²) < 4.78 is 1.98. The van der Waals surface area contributed by atoms with Crippen molar-refractivity contribution in [2.45, 2.75) is 6.54 Å². The standard InChI is InChI=1S/C12H11ClN4/c13-12-7-11(2-1-10(12)8-14)16-4-6-17-5-3-15-9-17/h1-3,5,7,9,16H,4,6H2. The van der Waals surface area contributed by atoms with E-state index in [1.165, 1.54) is 0 Å². The number of anilines is 1. The predicted octanol–water partition coefficient (Wildman–Crippen LogP) is 2.52. The van der Waals surface area contributed by atoms with Crippen LogP contribution in [0.15, 0.2) is 36.9 Å². The highest BCUT2D eigenvalue weighted by atomic mass is 35.5. The van der Waals surface area contributed by atoms with Crippen LogP contribution in [0.2, 0.25) is 5.02 Å². The van der Waals surface area contributed by atoms with Gasteiger partial charge in [0.05, 0.1) is 16.9 Å². The van der Waals surface area contributed by atoms with Crippen molar-refractivity contribution in [2.24, 2.45) is 0 Å². The number of benzene rings is 1. The molecule has 0 amide bonds. The van der Waals surface area contributed by atoms with E-state index in [1.807, 2.05) is 22.9 Å². The van der Waals surface area contributed by atoms with E-state index in [-0.39, 0.29) is 0 Å². The second-order valence-corrected chi connectivity index (χ2v) is 3.94. The summed E-state index contributed by atoms with van der Waals surface area (Å²) in [4.78, 5) is 3.96. The first-order valence-corrected chi connectivity index (χ1v) is 5.56. The maximum absolute atomic E-state index is 8.75. The molecule has 0 aliphatic rings. The first kappa shape index (κ1) is 11.5. The van der Waals surface area contributed by atoms with Gasteiger partial charge in [0.1, 0.15) is 6.07 Å². The molecule has 0 aliphatic heterocycles. The van der Waals surface area contributed by atoms with Crippen LogP contribution in [0.3, 0.4) is 0 Å². The molecular formula is C12H11ClN4. The minimum atomic E-state index is 0.472. The largest absolute Gasteiger partial charge is 0.383 e. The lowest BCUT2D eigenvalue weighted by atomic mass is 10.2. The van der Waals surface area contributed by atoms with E-state index >= 15 is 0 Å². The quantitative estimate of drug-likeness (QED) is 0.902. The van der Waals surface area contributed by atoms with Crippen LogP contribution in [0.1, 0.15) is 5.56 Å². The maximum Gasteiger partial charge on any atom is 0.101 e. The Balaban J connectivity index is 1.91. The molecule has 0 spiro atoms. The van der Waals surface area contributed by atoms with Crippen molar-refractivity contribution in [1.82, 2.24) is 9.55 Å². The third-order valence-corrected chi connectivity index (χ3v) is 2.66. The van der Waals surface area contributed by atoms with E-state index < -0.39 is 0 Å². The molecule has 2 aromatic rings. The normalized spacial score (nSPS) is 9.88. The van der Waals surface area contributed by atoms with Gasteiger partial charge in [-0.1, -0.05) is 11.6 Å². The van der Waals surface area contributed by atoms with Crippen LogP contribution in [-0.2, 0) is 6.54 Å². The zero-order valence-electron chi connectivity index (χ0n) is 9.10. The molecule has 2 rings (SSSR count). The SMILES string of the molecule is N#Cc1ccc(NCCn2ccnc2)cc1Cl. The fraction of sp³-hybridized carbons (Fsp3) is 0.167. The van der Waals surface area contributed by atoms with Gasteiger partial charge >= 0.3 is 0 Å². The predicted molar refractivity (Wildman–Crippen MR) is 66.9 cm³/mol. The van der Waals surface area contributed by atoms with Crippen LogP contribution >= 0.6 is 11.6 Å². The first-order valence-electron chi connectivity index (χ1n) is 5.19. The second kappa shape index (κ2) is 5.37. The molecule has 0 aliphatic carbocycles. The molecule has 0 saturated carbocycles. The molecule has 4 nitrogen and oxygen atoms in total. The highest BCUT2D eigenvalue weighted by molar-refractivity contribution is 6.32. The summed E-state index contributed by atoms with van der Waals surface area (Å²) in [6, 6.07) is 7.34. The van der Waals surface area contributed by atoms with E-state index in [9.17, 15) is 0 Å². The Bertz CT molecular complexity index is 528. The van der Waals surface area contributed by atoms with E-state index in [1.54, 1.807) is 24.7 Å². The van der Waals surface area contributed by atoms with Gasteiger partial charge in [-0.3, -0.25) is 0 Å². The Labute approximate surface area is 104 Å². The Morgan fingerprint density at radius 1 is 1.47 bits per heavy atom. The lowest BCUT2D eigenvalue weighted by Crippen LogP contribution is -2.09. The van der Waals surface area contributed by atoms with Gasteiger partial charge < -0.3 is 9.88 Å². The van der Waals surface area contributed by atoms with Crippen molar-refractivity contribution >= 4 is 17.3 Å². The number of nitrogens with zero attached hydrogens (tertiary/aromatic N) is 3. The summed E-state index contributed by atoms with van der Waals surface area (Å²) in [5, 5.41) is 12.5. The summed E-state index contributed by atoms with van der Waals surface area (Å²) in [6.45, 7) is 1.61. The molecule has 1 heterocycles. The number of nitriles is 1.